The zero-order chi connectivity index (χ0) is 13.2. The standard InChI is InChI=1S/C15H17ClN2S/c1-2-18-6-4-13(10-18)19-15-8-11-3-5-17-9-12(11)7-14(15)16/h3,5,7-9,13H,2,4,6,10H2,1H3. The molecule has 1 aliphatic rings. The Kier molecular flexibility index (Phi) is 3.96. The van der Waals surface area contributed by atoms with Crippen molar-refractivity contribution in [2.45, 2.75) is 23.5 Å². The molecular formula is C15H17ClN2S. The Balaban J connectivity index is 1.83. The summed E-state index contributed by atoms with van der Waals surface area (Å²) in [5.41, 5.74) is 0. The maximum Gasteiger partial charge on any atom is 0.0548 e. The van der Waals surface area contributed by atoms with Gasteiger partial charge >= 0.3 is 0 Å². The van der Waals surface area contributed by atoms with Crippen molar-refractivity contribution < 1.29 is 0 Å². The molecule has 19 heavy (non-hydrogen) atoms. The van der Waals surface area contributed by atoms with Gasteiger partial charge in [-0.25, -0.2) is 0 Å². The topological polar surface area (TPSA) is 16.1 Å². The number of likely N-dealkylation sites (tertiary alicyclic amines) is 1. The van der Waals surface area contributed by atoms with Gasteiger partial charge in [0.25, 0.3) is 0 Å². The molecule has 4 heteroatoms. The molecule has 1 fully saturated rings. The van der Waals surface area contributed by atoms with Crippen LogP contribution in [-0.2, 0) is 0 Å². The highest BCUT2D eigenvalue weighted by Gasteiger charge is 2.22. The van der Waals surface area contributed by atoms with E-state index in [9.17, 15) is 0 Å². The molecule has 1 aromatic heterocycles. The van der Waals surface area contributed by atoms with Crippen LogP contribution in [0.25, 0.3) is 10.8 Å². The second-order valence-electron chi connectivity index (χ2n) is 4.93. The minimum absolute atomic E-state index is 0.664. The summed E-state index contributed by atoms with van der Waals surface area (Å²) in [6.07, 6.45) is 4.95. The first-order valence-corrected chi connectivity index (χ1v) is 7.94. The summed E-state index contributed by atoms with van der Waals surface area (Å²) >= 11 is 8.31. The van der Waals surface area contributed by atoms with E-state index in [2.05, 4.69) is 22.9 Å². The Hall–Kier alpha value is -0.770. The average molecular weight is 293 g/mol. The van der Waals surface area contributed by atoms with Gasteiger partial charge < -0.3 is 4.90 Å². The number of rotatable bonds is 3. The van der Waals surface area contributed by atoms with Crippen molar-refractivity contribution in [1.29, 1.82) is 0 Å². The SMILES string of the molecule is CCN1CCC(Sc2cc3ccncc3cc2Cl)C1. The Morgan fingerprint density at radius 1 is 1.42 bits per heavy atom. The van der Waals surface area contributed by atoms with Crippen LogP contribution in [0.2, 0.25) is 5.02 Å². The zero-order valence-corrected chi connectivity index (χ0v) is 12.5. The van der Waals surface area contributed by atoms with Gasteiger partial charge in [0.2, 0.25) is 0 Å². The fourth-order valence-corrected chi connectivity index (χ4v) is 4.08. The number of hydrogen-bond donors (Lipinski definition) is 0. The highest BCUT2D eigenvalue weighted by Crippen LogP contribution is 2.36. The second-order valence-corrected chi connectivity index (χ2v) is 6.68. The van der Waals surface area contributed by atoms with Crippen molar-refractivity contribution in [1.82, 2.24) is 9.88 Å². The van der Waals surface area contributed by atoms with E-state index in [1.165, 1.54) is 29.8 Å². The number of pyridine rings is 1. The highest BCUT2D eigenvalue weighted by molar-refractivity contribution is 8.00. The van der Waals surface area contributed by atoms with E-state index in [4.69, 9.17) is 11.6 Å². The molecule has 1 aliphatic heterocycles. The van der Waals surface area contributed by atoms with E-state index in [-0.39, 0.29) is 0 Å². The molecule has 0 radical (unpaired) electrons. The molecule has 0 spiro atoms. The first kappa shape index (κ1) is 13.2. The van der Waals surface area contributed by atoms with Crippen LogP contribution in [0.1, 0.15) is 13.3 Å². The molecule has 1 unspecified atom stereocenters. The molecule has 1 aromatic carbocycles. The largest absolute Gasteiger partial charge is 0.302 e. The normalized spacial score (nSPS) is 20.2. The molecule has 0 saturated carbocycles. The Morgan fingerprint density at radius 2 is 2.32 bits per heavy atom. The van der Waals surface area contributed by atoms with Crippen LogP contribution in [0.4, 0.5) is 0 Å². The summed E-state index contributed by atoms with van der Waals surface area (Å²) in [6.45, 7) is 5.76. The van der Waals surface area contributed by atoms with E-state index < -0.39 is 0 Å². The summed E-state index contributed by atoms with van der Waals surface area (Å²) in [5.74, 6) is 0. The highest BCUT2D eigenvalue weighted by atomic mass is 35.5. The second kappa shape index (κ2) is 5.70. The lowest BCUT2D eigenvalue weighted by molar-refractivity contribution is 0.360. The van der Waals surface area contributed by atoms with Gasteiger partial charge in [-0.15, -0.1) is 11.8 Å². The molecule has 100 valence electrons. The maximum atomic E-state index is 6.39. The predicted octanol–water partition coefficient (Wildman–Crippen LogP) is 4.07. The van der Waals surface area contributed by atoms with Gasteiger partial charge in [-0.1, -0.05) is 18.5 Å². The maximum absolute atomic E-state index is 6.39. The van der Waals surface area contributed by atoms with Gasteiger partial charge in [-0.05, 0) is 43.1 Å². The van der Waals surface area contributed by atoms with Crippen molar-refractivity contribution >= 4 is 34.1 Å². The minimum Gasteiger partial charge on any atom is -0.302 e. The van der Waals surface area contributed by atoms with Crippen molar-refractivity contribution in [3.05, 3.63) is 35.6 Å². The van der Waals surface area contributed by atoms with Crippen LogP contribution in [0.5, 0.6) is 0 Å². The average Bonchev–Trinajstić information content (AvgIpc) is 2.87. The summed E-state index contributed by atoms with van der Waals surface area (Å²) in [7, 11) is 0. The fourth-order valence-electron chi connectivity index (χ4n) is 2.54. The molecule has 2 aromatic rings. The third kappa shape index (κ3) is 2.88. The number of aromatic nitrogens is 1. The van der Waals surface area contributed by atoms with Crippen LogP contribution >= 0.6 is 23.4 Å². The summed E-state index contributed by atoms with van der Waals surface area (Å²) < 4.78 is 0. The van der Waals surface area contributed by atoms with Crippen molar-refractivity contribution in [2.75, 3.05) is 19.6 Å². The quantitative estimate of drug-likeness (QED) is 0.848. The smallest absolute Gasteiger partial charge is 0.0548 e. The molecule has 2 heterocycles. The first-order valence-electron chi connectivity index (χ1n) is 6.68. The molecule has 2 nitrogen and oxygen atoms in total. The van der Waals surface area contributed by atoms with E-state index in [1.807, 2.05) is 36.3 Å². The van der Waals surface area contributed by atoms with Crippen LogP contribution in [0.3, 0.4) is 0 Å². The van der Waals surface area contributed by atoms with E-state index in [0.29, 0.717) is 5.25 Å². The van der Waals surface area contributed by atoms with E-state index in [0.717, 1.165) is 17.0 Å². The lowest BCUT2D eigenvalue weighted by Crippen LogP contribution is -2.20. The number of halogens is 1. The molecule has 1 atom stereocenters. The summed E-state index contributed by atoms with van der Waals surface area (Å²) in [5, 5.41) is 3.84. The first-order chi connectivity index (χ1) is 9.26. The van der Waals surface area contributed by atoms with Gasteiger partial charge in [-0.2, -0.15) is 0 Å². The lowest BCUT2D eigenvalue weighted by atomic mass is 10.2. The lowest BCUT2D eigenvalue weighted by Gasteiger charge is -2.14. The van der Waals surface area contributed by atoms with Crippen LogP contribution in [0.15, 0.2) is 35.5 Å². The molecule has 0 aliphatic carbocycles. The number of hydrogen-bond acceptors (Lipinski definition) is 3. The monoisotopic (exact) mass is 292 g/mol. The molecule has 1 saturated heterocycles. The third-order valence-corrected chi connectivity index (χ3v) is 5.40. The molecule has 0 amide bonds. The van der Waals surface area contributed by atoms with Crippen molar-refractivity contribution in [3.8, 4) is 0 Å². The molecule has 0 N–H and O–H groups in total. The molecule has 0 bridgehead atoms. The molecular weight excluding hydrogens is 276 g/mol. The predicted molar refractivity (Wildman–Crippen MR) is 83.1 cm³/mol. The fraction of sp³-hybridized carbons (Fsp3) is 0.400. The number of fused-ring (bicyclic) bond motifs is 1. The zero-order valence-electron chi connectivity index (χ0n) is 11.0. The Labute approximate surface area is 123 Å². The summed E-state index contributed by atoms with van der Waals surface area (Å²) in [4.78, 5) is 7.83. The van der Waals surface area contributed by atoms with Crippen LogP contribution in [0, 0.1) is 0 Å². The molecule has 3 rings (SSSR count). The van der Waals surface area contributed by atoms with E-state index in [1.54, 1.807) is 0 Å². The van der Waals surface area contributed by atoms with Gasteiger partial charge in [-0.3, -0.25) is 4.98 Å². The van der Waals surface area contributed by atoms with E-state index >= 15 is 0 Å². The van der Waals surface area contributed by atoms with Crippen molar-refractivity contribution in [3.63, 3.8) is 0 Å². The van der Waals surface area contributed by atoms with Gasteiger partial charge in [0.1, 0.15) is 0 Å². The van der Waals surface area contributed by atoms with Crippen LogP contribution < -0.4 is 0 Å². The van der Waals surface area contributed by atoms with Crippen molar-refractivity contribution in [2.24, 2.45) is 0 Å². The Bertz CT molecular complexity index is 587. The van der Waals surface area contributed by atoms with Crippen LogP contribution in [-0.4, -0.2) is 34.8 Å². The Morgan fingerprint density at radius 3 is 3.11 bits per heavy atom. The number of thioether (sulfide) groups is 1. The summed E-state index contributed by atoms with van der Waals surface area (Å²) in [6, 6.07) is 6.26. The number of nitrogens with zero attached hydrogens (tertiary/aromatic N) is 2. The minimum atomic E-state index is 0.664. The number of benzene rings is 1. The van der Waals surface area contributed by atoms with Gasteiger partial charge in [0, 0.05) is 34.5 Å². The third-order valence-electron chi connectivity index (χ3n) is 3.66. The van der Waals surface area contributed by atoms with Gasteiger partial charge in [0.05, 0.1) is 5.02 Å². The van der Waals surface area contributed by atoms with Gasteiger partial charge in [0.15, 0.2) is 0 Å².